The van der Waals surface area contributed by atoms with Crippen LogP contribution >= 0.6 is 0 Å². The molecule has 2 N–H and O–H groups in total. The molecule has 0 saturated heterocycles. The molecule has 1 aliphatic rings. The van der Waals surface area contributed by atoms with Gasteiger partial charge in [-0.2, -0.15) is 0 Å². The van der Waals surface area contributed by atoms with E-state index >= 15 is 0 Å². The number of aromatic amines is 1. The number of nitro benzene ring substituents is 1. The first-order chi connectivity index (χ1) is 14.9. The third kappa shape index (κ3) is 3.70. The molecule has 4 rings (SSSR count). The number of hydrogen-bond acceptors (Lipinski definition) is 6. The number of fused-ring (bicyclic) bond motifs is 3. The monoisotopic (exact) mass is 423 g/mol. The number of nitrogens with zero attached hydrogens (tertiary/aromatic N) is 1. The molecule has 0 spiro atoms. The number of methoxy groups -OCH3 is 2. The first-order valence-corrected chi connectivity index (χ1v) is 9.82. The van der Waals surface area contributed by atoms with Crippen molar-refractivity contribution in [2.24, 2.45) is 0 Å². The van der Waals surface area contributed by atoms with Gasteiger partial charge in [-0.25, -0.2) is 0 Å². The quantitative estimate of drug-likeness (QED) is 0.477. The smallest absolute Gasteiger partial charge is 0.286 e. The number of anilines is 1. The van der Waals surface area contributed by atoms with Crippen LogP contribution < -0.4 is 20.3 Å². The average molecular weight is 423 g/mol. The molecule has 0 unspecified atom stereocenters. The van der Waals surface area contributed by atoms with E-state index in [2.05, 4.69) is 10.3 Å². The number of amides is 1. The highest BCUT2D eigenvalue weighted by Gasteiger charge is 2.25. The third-order valence-electron chi connectivity index (χ3n) is 5.54. The number of nitrogens with one attached hydrogen (secondary N) is 2. The molecule has 160 valence electrons. The molecule has 9 nitrogen and oxygen atoms in total. The van der Waals surface area contributed by atoms with Crippen LogP contribution in [-0.4, -0.2) is 30.0 Å². The van der Waals surface area contributed by atoms with E-state index in [0.717, 1.165) is 48.3 Å². The second kappa shape index (κ2) is 8.10. The maximum atomic E-state index is 12.9. The van der Waals surface area contributed by atoms with E-state index < -0.39 is 16.5 Å². The summed E-state index contributed by atoms with van der Waals surface area (Å²) in [5.41, 5.74) is 2.23. The fraction of sp³-hybridized carbons (Fsp3) is 0.273. The van der Waals surface area contributed by atoms with Gasteiger partial charge in [-0.15, -0.1) is 0 Å². The summed E-state index contributed by atoms with van der Waals surface area (Å²) in [6, 6.07) is 7.66. The Morgan fingerprint density at radius 1 is 1.06 bits per heavy atom. The summed E-state index contributed by atoms with van der Waals surface area (Å²) in [4.78, 5) is 39.0. The number of carbonyl (C=O) groups is 1. The van der Waals surface area contributed by atoms with Crippen molar-refractivity contribution in [3.63, 3.8) is 0 Å². The van der Waals surface area contributed by atoms with Gasteiger partial charge in [0.1, 0.15) is 5.56 Å². The van der Waals surface area contributed by atoms with Crippen molar-refractivity contribution in [2.75, 3.05) is 19.5 Å². The summed E-state index contributed by atoms with van der Waals surface area (Å²) < 4.78 is 10.3. The molecule has 0 atom stereocenters. The van der Waals surface area contributed by atoms with E-state index in [9.17, 15) is 19.7 Å². The van der Waals surface area contributed by atoms with Gasteiger partial charge in [0, 0.05) is 22.7 Å². The lowest BCUT2D eigenvalue weighted by Crippen LogP contribution is -2.19. The van der Waals surface area contributed by atoms with Crippen LogP contribution in [0.3, 0.4) is 0 Å². The Labute approximate surface area is 177 Å². The molecule has 1 amide bonds. The topological polar surface area (TPSA) is 124 Å². The number of pyridine rings is 1. The molecule has 0 bridgehead atoms. The molecule has 3 aromatic rings. The Kier molecular flexibility index (Phi) is 5.33. The summed E-state index contributed by atoms with van der Waals surface area (Å²) in [7, 11) is 2.74. The van der Waals surface area contributed by atoms with Crippen LogP contribution in [-0.2, 0) is 12.8 Å². The van der Waals surface area contributed by atoms with E-state index in [-0.39, 0.29) is 22.6 Å². The first kappa shape index (κ1) is 20.4. The molecule has 2 aromatic carbocycles. The first-order valence-electron chi connectivity index (χ1n) is 9.82. The maximum Gasteiger partial charge on any atom is 0.286 e. The molecule has 0 fully saturated rings. The third-order valence-corrected chi connectivity index (χ3v) is 5.54. The average Bonchev–Trinajstić information content (AvgIpc) is 2.78. The van der Waals surface area contributed by atoms with Crippen molar-refractivity contribution in [3.05, 3.63) is 67.5 Å². The number of carbonyl (C=O) groups excluding carboxylic acids is 1. The molecule has 0 aliphatic heterocycles. The predicted molar refractivity (Wildman–Crippen MR) is 115 cm³/mol. The SMILES string of the molecule is COc1cc(C(=O)Nc2ccc3c4c(c(=O)[nH]c3c2)CCCC4)c([N+](=O)[O-])cc1OC. The number of rotatable bonds is 5. The number of hydrogen-bond donors (Lipinski definition) is 2. The Morgan fingerprint density at radius 2 is 1.74 bits per heavy atom. The van der Waals surface area contributed by atoms with E-state index in [4.69, 9.17) is 9.47 Å². The molecule has 0 saturated carbocycles. The Bertz CT molecular complexity index is 1260. The lowest BCUT2D eigenvalue weighted by molar-refractivity contribution is -0.385. The number of aromatic nitrogens is 1. The highest BCUT2D eigenvalue weighted by molar-refractivity contribution is 6.08. The molecule has 9 heteroatoms. The van der Waals surface area contributed by atoms with Crippen molar-refractivity contribution < 1.29 is 19.2 Å². The summed E-state index contributed by atoms with van der Waals surface area (Å²) in [5.74, 6) is -0.321. The second-order valence-corrected chi connectivity index (χ2v) is 7.31. The second-order valence-electron chi connectivity index (χ2n) is 7.31. The summed E-state index contributed by atoms with van der Waals surface area (Å²) in [5, 5.41) is 15.1. The summed E-state index contributed by atoms with van der Waals surface area (Å²) in [6.07, 6.45) is 3.65. The van der Waals surface area contributed by atoms with Crippen LogP contribution in [0.2, 0.25) is 0 Å². The zero-order valence-electron chi connectivity index (χ0n) is 17.1. The van der Waals surface area contributed by atoms with Crippen LogP contribution in [0.5, 0.6) is 11.5 Å². The number of aryl methyl sites for hydroxylation is 1. The van der Waals surface area contributed by atoms with Crippen molar-refractivity contribution in [2.45, 2.75) is 25.7 Å². The fourth-order valence-electron chi connectivity index (χ4n) is 4.04. The van der Waals surface area contributed by atoms with E-state index in [1.165, 1.54) is 20.3 Å². The van der Waals surface area contributed by atoms with Gasteiger partial charge in [-0.1, -0.05) is 6.07 Å². The zero-order valence-corrected chi connectivity index (χ0v) is 17.1. The zero-order chi connectivity index (χ0) is 22.1. The Hall–Kier alpha value is -3.88. The standard InChI is InChI=1S/C22H21N3O6/c1-30-19-10-16(18(25(28)29)11-20(19)31-2)22(27)23-12-7-8-14-13-5-3-4-6-15(13)21(26)24-17(14)9-12/h7-11H,3-6H2,1-2H3,(H,23,27)(H,24,26). The van der Waals surface area contributed by atoms with E-state index in [1.54, 1.807) is 12.1 Å². The number of nitro groups is 1. The minimum absolute atomic E-state index is 0.110. The van der Waals surface area contributed by atoms with Crippen molar-refractivity contribution in [1.29, 1.82) is 0 Å². The van der Waals surface area contributed by atoms with Crippen molar-refractivity contribution >= 4 is 28.2 Å². The van der Waals surface area contributed by atoms with Gasteiger partial charge < -0.3 is 19.8 Å². The van der Waals surface area contributed by atoms with Crippen LogP contribution in [0.15, 0.2) is 35.1 Å². The number of H-pyrrole nitrogens is 1. The molecule has 1 aliphatic carbocycles. The van der Waals surface area contributed by atoms with Gasteiger partial charge in [0.15, 0.2) is 11.5 Å². The lowest BCUT2D eigenvalue weighted by Gasteiger charge is -2.17. The van der Waals surface area contributed by atoms with Crippen LogP contribution in [0.4, 0.5) is 11.4 Å². The van der Waals surface area contributed by atoms with Gasteiger partial charge in [0.05, 0.1) is 30.7 Å². The van der Waals surface area contributed by atoms with E-state index in [1.807, 2.05) is 6.07 Å². The summed E-state index contributed by atoms with van der Waals surface area (Å²) >= 11 is 0. The van der Waals surface area contributed by atoms with Crippen LogP contribution in [0.1, 0.15) is 34.3 Å². The molecule has 1 aromatic heterocycles. The van der Waals surface area contributed by atoms with Crippen molar-refractivity contribution in [1.82, 2.24) is 4.98 Å². The van der Waals surface area contributed by atoms with Gasteiger partial charge in [0.25, 0.3) is 17.2 Å². The minimum Gasteiger partial charge on any atom is -0.493 e. The fourth-order valence-corrected chi connectivity index (χ4v) is 4.04. The van der Waals surface area contributed by atoms with Gasteiger partial charge in [0.2, 0.25) is 0 Å². The van der Waals surface area contributed by atoms with Gasteiger partial charge >= 0.3 is 0 Å². The normalized spacial score (nSPS) is 12.8. The maximum absolute atomic E-state index is 12.9. The Balaban J connectivity index is 1.72. The minimum atomic E-state index is -0.674. The van der Waals surface area contributed by atoms with Crippen LogP contribution in [0, 0.1) is 10.1 Å². The van der Waals surface area contributed by atoms with Crippen molar-refractivity contribution in [3.8, 4) is 11.5 Å². The van der Waals surface area contributed by atoms with Gasteiger partial charge in [-0.3, -0.25) is 19.7 Å². The highest BCUT2D eigenvalue weighted by atomic mass is 16.6. The van der Waals surface area contributed by atoms with Gasteiger partial charge in [-0.05, 0) is 43.4 Å². The number of ether oxygens (including phenoxy) is 2. The Morgan fingerprint density at radius 3 is 2.42 bits per heavy atom. The number of benzene rings is 2. The van der Waals surface area contributed by atoms with E-state index in [0.29, 0.717) is 11.2 Å². The molecule has 31 heavy (non-hydrogen) atoms. The molecule has 0 radical (unpaired) electrons. The summed E-state index contributed by atoms with van der Waals surface area (Å²) in [6.45, 7) is 0. The molecule has 1 heterocycles. The lowest BCUT2D eigenvalue weighted by atomic mass is 9.90. The van der Waals surface area contributed by atoms with Crippen LogP contribution in [0.25, 0.3) is 10.9 Å². The largest absolute Gasteiger partial charge is 0.493 e. The molecular formula is C22H21N3O6. The molecular weight excluding hydrogens is 402 g/mol. The predicted octanol–water partition coefficient (Wildman–Crippen LogP) is 3.58. The highest BCUT2D eigenvalue weighted by Crippen LogP contribution is 2.35.